The molecule has 1 aliphatic rings. The van der Waals surface area contributed by atoms with E-state index in [0.29, 0.717) is 5.75 Å². The van der Waals surface area contributed by atoms with Crippen LogP contribution in [-0.4, -0.2) is 10.2 Å². The molecule has 0 amide bonds. The molecule has 0 saturated heterocycles. The molecule has 0 aromatic heterocycles. The molecule has 3 rings (SSSR count). The van der Waals surface area contributed by atoms with Crippen molar-refractivity contribution in [2.24, 2.45) is 5.10 Å². The van der Waals surface area contributed by atoms with Gasteiger partial charge in [0, 0.05) is 11.1 Å². The minimum absolute atomic E-state index is 0.0265. The summed E-state index contributed by atoms with van der Waals surface area (Å²) in [5.41, 5.74) is 5.00. The number of nitrogens with one attached hydrogen (secondary N) is 1. The van der Waals surface area contributed by atoms with E-state index in [4.69, 9.17) is 0 Å². The fourth-order valence-corrected chi connectivity index (χ4v) is 2.87. The van der Waals surface area contributed by atoms with Crippen LogP contribution >= 0.6 is 11.8 Å². The van der Waals surface area contributed by atoms with Crippen LogP contribution < -0.4 is 5.43 Å². The standard InChI is InChI=1S/C14H12N2OS/c17-12-9-5-4-8-11(12)14-16-15-13(18-14)10-6-2-1-3-7-10/h1-9,14,16-17H/t14-/m0/s1. The van der Waals surface area contributed by atoms with Crippen molar-refractivity contribution in [1.82, 2.24) is 5.43 Å². The van der Waals surface area contributed by atoms with E-state index in [2.05, 4.69) is 10.5 Å². The minimum atomic E-state index is -0.0265. The second kappa shape index (κ2) is 4.74. The Kier molecular flexibility index (Phi) is 2.94. The summed E-state index contributed by atoms with van der Waals surface area (Å²) in [6, 6.07) is 17.4. The Morgan fingerprint density at radius 3 is 2.50 bits per heavy atom. The van der Waals surface area contributed by atoms with E-state index in [-0.39, 0.29) is 5.37 Å². The molecule has 0 saturated carbocycles. The van der Waals surface area contributed by atoms with Crippen molar-refractivity contribution in [3.8, 4) is 5.75 Å². The Morgan fingerprint density at radius 2 is 1.72 bits per heavy atom. The van der Waals surface area contributed by atoms with Crippen molar-refractivity contribution in [1.29, 1.82) is 0 Å². The highest BCUT2D eigenvalue weighted by atomic mass is 32.2. The normalized spacial score (nSPS) is 18.2. The lowest BCUT2D eigenvalue weighted by molar-refractivity contribution is 0.465. The van der Waals surface area contributed by atoms with Gasteiger partial charge >= 0.3 is 0 Å². The number of hydrazone groups is 1. The number of nitrogens with zero attached hydrogens (tertiary/aromatic N) is 1. The van der Waals surface area contributed by atoms with Gasteiger partial charge in [-0.2, -0.15) is 5.10 Å². The van der Waals surface area contributed by atoms with Gasteiger partial charge in [-0.3, -0.25) is 5.43 Å². The van der Waals surface area contributed by atoms with Crippen LogP contribution in [0.3, 0.4) is 0 Å². The molecule has 1 atom stereocenters. The maximum absolute atomic E-state index is 9.82. The smallest absolute Gasteiger partial charge is 0.126 e. The summed E-state index contributed by atoms with van der Waals surface area (Å²) in [5, 5.41) is 15.1. The van der Waals surface area contributed by atoms with E-state index in [9.17, 15) is 5.11 Å². The monoisotopic (exact) mass is 256 g/mol. The fraction of sp³-hybridized carbons (Fsp3) is 0.0714. The molecule has 2 aromatic rings. The lowest BCUT2D eigenvalue weighted by Gasteiger charge is -2.10. The Hall–Kier alpha value is -1.94. The van der Waals surface area contributed by atoms with Crippen LogP contribution in [0.4, 0.5) is 0 Å². The van der Waals surface area contributed by atoms with Crippen molar-refractivity contribution >= 4 is 16.8 Å². The van der Waals surface area contributed by atoms with Crippen LogP contribution in [0.1, 0.15) is 16.5 Å². The molecule has 0 bridgehead atoms. The third-order valence-electron chi connectivity index (χ3n) is 2.75. The zero-order valence-corrected chi connectivity index (χ0v) is 10.4. The van der Waals surface area contributed by atoms with Gasteiger partial charge in [0.2, 0.25) is 0 Å². The summed E-state index contributed by atoms with van der Waals surface area (Å²) in [6.07, 6.45) is 0. The minimum Gasteiger partial charge on any atom is -0.508 e. The van der Waals surface area contributed by atoms with Crippen molar-refractivity contribution in [2.75, 3.05) is 0 Å². The largest absolute Gasteiger partial charge is 0.508 e. The lowest BCUT2D eigenvalue weighted by atomic mass is 10.2. The molecule has 18 heavy (non-hydrogen) atoms. The Balaban J connectivity index is 1.81. The highest BCUT2D eigenvalue weighted by Gasteiger charge is 2.23. The molecule has 2 N–H and O–H groups in total. The summed E-state index contributed by atoms with van der Waals surface area (Å²) in [5.74, 6) is 0.298. The van der Waals surface area contributed by atoms with E-state index >= 15 is 0 Å². The number of hydrogen-bond acceptors (Lipinski definition) is 4. The number of phenols is 1. The number of benzene rings is 2. The lowest BCUT2D eigenvalue weighted by Crippen LogP contribution is -2.06. The second-order valence-electron chi connectivity index (χ2n) is 3.97. The van der Waals surface area contributed by atoms with Crippen LogP contribution in [0.2, 0.25) is 0 Å². The molecule has 1 aliphatic heterocycles. The number of rotatable bonds is 2. The third kappa shape index (κ3) is 2.07. The Labute approximate surface area is 110 Å². The molecular weight excluding hydrogens is 244 g/mol. The maximum Gasteiger partial charge on any atom is 0.126 e. The van der Waals surface area contributed by atoms with Crippen molar-refractivity contribution in [3.05, 3.63) is 65.7 Å². The number of para-hydroxylation sites is 1. The highest BCUT2D eigenvalue weighted by molar-refractivity contribution is 8.14. The summed E-state index contributed by atoms with van der Waals surface area (Å²) in [6.45, 7) is 0. The molecule has 90 valence electrons. The predicted octanol–water partition coefficient (Wildman–Crippen LogP) is 3.09. The molecular formula is C14H12N2OS. The van der Waals surface area contributed by atoms with Gasteiger partial charge in [0.25, 0.3) is 0 Å². The second-order valence-corrected chi connectivity index (χ2v) is 5.06. The van der Waals surface area contributed by atoms with Gasteiger partial charge in [-0.1, -0.05) is 60.3 Å². The zero-order valence-electron chi connectivity index (χ0n) is 9.58. The number of thioether (sulfide) groups is 1. The van der Waals surface area contributed by atoms with Gasteiger partial charge < -0.3 is 5.11 Å². The zero-order chi connectivity index (χ0) is 12.4. The first-order valence-corrected chi connectivity index (χ1v) is 6.56. The van der Waals surface area contributed by atoms with Crippen LogP contribution in [-0.2, 0) is 0 Å². The first kappa shape index (κ1) is 11.2. The number of hydrogen-bond donors (Lipinski definition) is 2. The first-order valence-electron chi connectivity index (χ1n) is 5.68. The van der Waals surface area contributed by atoms with E-state index in [1.807, 2.05) is 48.5 Å². The molecule has 0 aliphatic carbocycles. The van der Waals surface area contributed by atoms with Gasteiger partial charge in [0.15, 0.2) is 0 Å². The Bertz CT molecular complexity index is 583. The predicted molar refractivity (Wildman–Crippen MR) is 74.6 cm³/mol. The SMILES string of the molecule is Oc1ccccc1[C@H]1NN=C(c2ccccc2)S1. The molecule has 0 spiro atoms. The molecule has 0 unspecified atom stereocenters. The first-order chi connectivity index (χ1) is 8.84. The molecule has 2 aromatic carbocycles. The fourth-order valence-electron chi connectivity index (χ4n) is 1.84. The van der Waals surface area contributed by atoms with Crippen molar-refractivity contribution in [2.45, 2.75) is 5.37 Å². The van der Waals surface area contributed by atoms with E-state index < -0.39 is 0 Å². The molecule has 4 heteroatoms. The van der Waals surface area contributed by atoms with Crippen LogP contribution in [0.15, 0.2) is 59.7 Å². The van der Waals surface area contributed by atoms with Gasteiger partial charge in [-0.15, -0.1) is 0 Å². The van der Waals surface area contributed by atoms with E-state index in [1.54, 1.807) is 17.8 Å². The van der Waals surface area contributed by atoms with Crippen molar-refractivity contribution < 1.29 is 5.11 Å². The summed E-state index contributed by atoms with van der Waals surface area (Å²) >= 11 is 1.61. The van der Waals surface area contributed by atoms with Gasteiger partial charge in [-0.05, 0) is 6.07 Å². The van der Waals surface area contributed by atoms with Crippen LogP contribution in [0, 0.1) is 0 Å². The topological polar surface area (TPSA) is 44.6 Å². The quantitative estimate of drug-likeness (QED) is 0.868. The van der Waals surface area contributed by atoms with Gasteiger partial charge in [0.05, 0.1) is 0 Å². The molecule has 3 nitrogen and oxygen atoms in total. The maximum atomic E-state index is 9.82. The Morgan fingerprint density at radius 1 is 1.00 bits per heavy atom. The van der Waals surface area contributed by atoms with Crippen LogP contribution in [0.5, 0.6) is 5.75 Å². The average molecular weight is 256 g/mol. The molecule has 1 heterocycles. The molecule has 0 radical (unpaired) electrons. The average Bonchev–Trinajstić information content (AvgIpc) is 2.90. The van der Waals surface area contributed by atoms with Gasteiger partial charge in [0.1, 0.15) is 16.2 Å². The summed E-state index contributed by atoms with van der Waals surface area (Å²) in [4.78, 5) is 0. The molecule has 0 fully saturated rings. The highest BCUT2D eigenvalue weighted by Crippen LogP contribution is 2.37. The van der Waals surface area contributed by atoms with Crippen molar-refractivity contribution in [3.63, 3.8) is 0 Å². The number of phenolic OH excluding ortho intramolecular Hbond substituents is 1. The summed E-state index contributed by atoms with van der Waals surface area (Å²) < 4.78 is 0. The van der Waals surface area contributed by atoms with Crippen LogP contribution in [0.25, 0.3) is 0 Å². The van der Waals surface area contributed by atoms with Gasteiger partial charge in [-0.25, -0.2) is 0 Å². The third-order valence-corrected chi connectivity index (χ3v) is 3.90. The summed E-state index contributed by atoms with van der Waals surface area (Å²) in [7, 11) is 0. The van der Waals surface area contributed by atoms with E-state index in [1.165, 1.54) is 0 Å². The number of aromatic hydroxyl groups is 1. The van der Waals surface area contributed by atoms with E-state index in [0.717, 1.165) is 16.2 Å².